The maximum absolute atomic E-state index is 6.20. The van der Waals surface area contributed by atoms with E-state index in [-0.39, 0.29) is 6.10 Å². The molecule has 2 nitrogen and oxygen atoms in total. The van der Waals surface area contributed by atoms with Crippen LogP contribution in [0.4, 0.5) is 0 Å². The van der Waals surface area contributed by atoms with E-state index in [0.717, 1.165) is 24.1 Å². The number of rotatable bonds is 7. The first kappa shape index (κ1) is 15.8. The lowest BCUT2D eigenvalue weighted by Gasteiger charge is -2.22. The smallest absolute Gasteiger partial charge is 0.0949 e. The Balaban J connectivity index is 1.95. The lowest BCUT2D eigenvalue weighted by Crippen LogP contribution is -2.29. The first-order chi connectivity index (χ1) is 9.65. The zero-order chi connectivity index (χ0) is 14.4. The Morgan fingerprint density at radius 1 is 1.30 bits per heavy atom. The molecule has 1 saturated carbocycles. The van der Waals surface area contributed by atoms with E-state index in [9.17, 15) is 0 Å². The molecule has 1 aromatic rings. The molecule has 0 aliphatic heterocycles. The molecule has 20 heavy (non-hydrogen) atoms. The quantitative estimate of drug-likeness (QED) is 0.794. The van der Waals surface area contributed by atoms with Gasteiger partial charge >= 0.3 is 0 Å². The highest BCUT2D eigenvalue weighted by molar-refractivity contribution is 6.30. The summed E-state index contributed by atoms with van der Waals surface area (Å²) < 4.78 is 6.20. The zero-order valence-corrected chi connectivity index (χ0v) is 13.3. The number of ether oxygens (including phenoxy) is 1. The van der Waals surface area contributed by atoms with Crippen LogP contribution in [0.25, 0.3) is 0 Å². The second kappa shape index (κ2) is 8.02. The van der Waals surface area contributed by atoms with E-state index < -0.39 is 0 Å². The van der Waals surface area contributed by atoms with Gasteiger partial charge < -0.3 is 10.1 Å². The third-order valence-electron chi connectivity index (χ3n) is 3.94. The van der Waals surface area contributed by atoms with E-state index in [1.54, 1.807) is 0 Å². The van der Waals surface area contributed by atoms with Crippen molar-refractivity contribution < 1.29 is 4.74 Å². The molecule has 1 N–H and O–H groups in total. The third-order valence-corrected chi connectivity index (χ3v) is 4.17. The van der Waals surface area contributed by atoms with E-state index in [1.165, 1.54) is 31.2 Å². The van der Waals surface area contributed by atoms with Gasteiger partial charge in [-0.15, -0.1) is 0 Å². The molecule has 2 rings (SSSR count). The standard InChI is InChI=1S/C17H26ClNO/c1-13(2)19-11-17(15-8-5-9-16(18)10-15)20-12-14-6-3-4-7-14/h5,8-10,13-14,17,19H,3-4,6-7,11-12H2,1-2H3. The average molecular weight is 296 g/mol. The van der Waals surface area contributed by atoms with Gasteiger partial charge in [0.2, 0.25) is 0 Å². The second-order valence-corrected chi connectivity index (χ2v) is 6.53. The Hall–Kier alpha value is -0.570. The molecule has 3 heteroatoms. The third kappa shape index (κ3) is 5.08. The van der Waals surface area contributed by atoms with Crippen LogP contribution in [0, 0.1) is 5.92 Å². The Kier molecular flexibility index (Phi) is 6.34. The van der Waals surface area contributed by atoms with E-state index in [1.807, 2.05) is 18.2 Å². The molecule has 0 radical (unpaired) electrons. The molecule has 1 aliphatic carbocycles. The van der Waals surface area contributed by atoms with Crippen molar-refractivity contribution in [3.8, 4) is 0 Å². The largest absolute Gasteiger partial charge is 0.372 e. The minimum Gasteiger partial charge on any atom is -0.372 e. The summed E-state index contributed by atoms with van der Waals surface area (Å²) in [5.41, 5.74) is 1.17. The number of hydrogen-bond donors (Lipinski definition) is 1. The van der Waals surface area contributed by atoms with Gasteiger partial charge in [0.15, 0.2) is 0 Å². The van der Waals surface area contributed by atoms with Crippen LogP contribution in [0.5, 0.6) is 0 Å². The summed E-state index contributed by atoms with van der Waals surface area (Å²) in [5, 5.41) is 4.25. The molecule has 0 bridgehead atoms. The number of benzene rings is 1. The van der Waals surface area contributed by atoms with Crippen LogP contribution in [0.1, 0.15) is 51.2 Å². The van der Waals surface area contributed by atoms with E-state index >= 15 is 0 Å². The van der Waals surface area contributed by atoms with Crippen molar-refractivity contribution in [2.24, 2.45) is 5.92 Å². The van der Waals surface area contributed by atoms with Gasteiger partial charge in [0, 0.05) is 17.6 Å². The highest BCUT2D eigenvalue weighted by atomic mass is 35.5. The molecule has 1 aromatic carbocycles. The van der Waals surface area contributed by atoms with Gasteiger partial charge in [-0.2, -0.15) is 0 Å². The topological polar surface area (TPSA) is 21.3 Å². The number of hydrogen-bond acceptors (Lipinski definition) is 2. The number of nitrogens with one attached hydrogen (secondary N) is 1. The molecule has 1 fully saturated rings. The minimum absolute atomic E-state index is 0.0942. The van der Waals surface area contributed by atoms with Crippen molar-refractivity contribution in [3.05, 3.63) is 34.9 Å². The first-order valence-electron chi connectivity index (χ1n) is 7.75. The fourth-order valence-electron chi connectivity index (χ4n) is 2.75. The summed E-state index contributed by atoms with van der Waals surface area (Å²) in [6.45, 7) is 6.03. The Labute approximate surface area is 127 Å². The summed E-state index contributed by atoms with van der Waals surface area (Å²) in [5.74, 6) is 0.746. The number of halogens is 1. The first-order valence-corrected chi connectivity index (χ1v) is 8.13. The normalized spacial score (nSPS) is 17.8. The van der Waals surface area contributed by atoms with Gasteiger partial charge in [-0.1, -0.05) is 50.4 Å². The monoisotopic (exact) mass is 295 g/mol. The minimum atomic E-state index is 0.0942. The lowest BCUT2D eigenvalue weighted by atomic mass is 10.1. The van der Waals surface area contributed by atoms with Crippen molar-refractivity contribution in [2.45, 2.75) is 51.7 Å². The fourth-order valence-corrected chi connectivity index (χ4v) is 2.95. The van der Waals surface area contributed by atoms with Gasteiger partial charge in [-0.05, 0) is 36.5 Å². The van der Waals surface area contributed by atoms with Gasteiger partial charge in [-0.25, -0.2) is 0 Å². The molecule has 1 atom stereocenters. The predicted octanol–water partition coefficient (Wildman–Crippen LogP) is 4.59. The molecule has 0 amide bonds. The van der Waals surface area contributed by atoms with Gasteiger partial charge in [0.25, 0.3) is 0 Å². The summed E-state index contributed by atoms with van der Waals surface area (Å²) in [7, 11) is 0. The Morgan fingerprint density at radius 3 is 2.70 bits per heavy atom. The molecular weight excluding hydrogens is 270 g/mol. The molecule has 0 aromatic heterocycles. The van der Waals surface area contributed by atoms with Crippen LogP contribution in [0.2, 0.25) is 5.02 Å². The predicted molar refractivity (Wildman–Crippen MR) is 85.2 cm³/mol. The fraction of sp³-hybridized carbons (Fsp3) is 0.647. The summed E-state index contributed by atoms with van der Waals surface area (Å²) >= 11 is 6.10. The summed E-state index contributed by atoms with van der Waals surface area (Å²) in [4.78, 5) is 0. The van der Waals surface area contributed by atoms with E-state index in [2.05, 4.69) is 25.2 Å². The molecule has 112 valence electrons. The highest BCUT2D eigenvalue weighted by Crippen LogP contribution is 2.28. The van der Waals surface area contributed by atoms with Crippen molar-refractivity contribution >= 4 is 11.6 Å². The summed E-state index contributed by atoms with van der Waals surface area (Å²) in [6.07, 6.45) is 5.46. The Morgan fingerprint density at radius 2 is 2.05 bits per heavy atom. The SMILES string of the molecule is CC(C)NCC(OCC1CCCC1)c1cccc(Cl)c1. The lowest BCUT2D eigenvalue weighted by molar-refractivity contribution is 0.0284. The average Bonchev–Trinajstić information content (AvgIpc) is 2.91. The van der Waals surface area contributed by atoms with Crippen LogP contribution >= 0.6 is 11.6 Å². The second-order valence-electron chi connectivity index (χ2n) is 6.09. The van der Waals surface area contributed by atoms with Crippen LogP contribution in [-0.2, 0) is 4.74 Å². The van der Waals surface area contributed by atoms with Crippen molar-refractivity contribution in [3.63, 3.8) is 0 Å². The maximum atomic E-state index is 6.20. The molecule has 1 aliphatic rings. The summed E-state index contributed by atoms with van der Waals surface area (Å²) in [6, 6.07) is 8.50. The van der Waals surface area contributed by atoms with Crippen LogP contribution in [0.3, 0.4) is 0 Å². The highest BCUT2D eigenvalue weighted by Gasteiger charge is 2.19. The van der Waals surface area contributed by atoms with Crippen molar-refractivity contribution in [1.29, 1.82) is 0 Å². The van der Waals surface area contributed by atoms with Crippen LogP contribution < -0.4 is 5.32 Å². The Bertz CT molecular complexity index is 402. The molecule has 0 heterocycles. The van der Waals surface area contributed by atoms with Crippen molar-refractivity contribution in [2.75, 3.05) is 13.2 Å². The maximum Gasteiger partial charge on any atom is 0.0949 e. The molecule has 1 unspecified atom stereocenters. The molecule has 0 saturated heterocycles. The van der Waals surface area contributed by atoms with Gasteiger partial charge in [0.1, 0.15) is 0 Å². The van der Waals surface area contributed by atoms with Crippen LogP contribution in [-0.4, -0.2) is 19.2 Å². The van der Waals surface area contributed by atoms with Crippen LogP contribution in [0.15, 0.2) is 24.3 Å². The zero-order valence-electron chi connectivity index (χ0n) is 12.6. The van der Waals surface area contributed by atoms with Gasteiger partial charge in [-0.3, -0.25) is 0 Å². The molecular formula is C17H26ClNO. The van der Waals surface area contributed by atoms with Gasteiger partial charge in [0.05, 0.1) is 12.7 Å². The molecule has 0 spiro atoms. The van der Waals surface area contributed by atoms with E-state index in [4.69, 9.17) is 16.3 Å². The van der Waals surface area contributed by atoms with Crippen molar-refractivity contribution in [1.82, 2.24) is 5.32 Å². The van der Waals surface area contributed by atoms with E-state index in [0.29, 0.717) is 6.04 Å².